The highest BCUT2D eigenvalue weighted by Gasteiger charge is 2.25. The van der Waals surface area contributed by atoms with Crippen LogP contribution in [-0.2, 0) is 0 Å². The van der Waals surface area contributed by atoms with Crippen molar-refractivity contribution in [2.75, 3.05) is 31.1 Å². The maximum atomic E-state index is 13.9. The number of nitrogens with zero attached hydrogens (tertiary/aromatic N) is 1. The normalized spacial score (nSPS) is 19.1. The summed E-state index contributed by atoms with van der Waals surface area (Å²) < 4.78 is 27.6. The molecule has 1 fully saturated rings. The molecule has 1 heterocycles. The molecule has 112 valence electrons. The third-order valence-electron chi connectivity index (χ3n) is 3.60. The summed E-state index contributed by atoms with van der Waals surface area (Å²) >= 11 is 3.00. The summed E-state index contributed by atoms with van der Waals surface area (Å²) in [6.07, 6.45) is 1.02. The van der Waals surface area contributed by atoms with Crippen LogP contribution in [0.25, 0.3) is 0 Å². The highest BCUT2D eigenvalue weighted by Crippen LogP contribution is 2.30. The van der Waals surface area contributed by atoms with Crippen LogP contribution in [0.2, 0.25) is 0 Å². The lowest BCUT2D eigenvalue weighted by atomic mass is 10.1. The molecule has 1 aliphatic heterocycles. The van der Waals surface area contributed by atoms with E-state index in [4.69, 9.17) is 0 Å². The molecule has 1 aromatic carbocycles. The number of nitrogens with one attached hydrogen (secondary N) is 1. The van der Waals surface area contributed by atoms with Crippen LogP contribution in [-0.4, -0.2) is 26.2 Å². The van der Waals surface area contributed by atoms with Gasteiger partial charge in [-0.2, -0.15) is 0 Å². The first kappa shape index (κ1) is 15.7. The Morgan fingerprint density at radius 1 is 1.35 bits per heavy atom. The first-order chi connectivity index (χ1) is 9.47. The lowest BCUT2D eigenvalue weighted by molar-refractivity contribution is 0.477. The quantitative estimate of drug-likeness (QED) is 0.815. The largest absolute Gasteiger partial charge is 0.369 e. The monoisotopic (exact) mass is 346 g/mol. The number of rotatable bonds is 5. The summed E-state index contributed by atoms with van der Waals surface area (Å²) in [4.78, 5) is 1.94. The Kier molecular flexibility index (Phi) is 5.38. The Bertz CT molecular complexity index is 465. The number of halogens is 3. The van der Waals surface area contributed by atoms with Crippen LogP contribution in [0.1, 0.15) is 20.3 Å². The molecule has 1 aromatic rings. The van der Waals surface area contributed by atoms with Gasteiger partial charge in [0, 0.05) is 19.2 Å². The average Bonchev–Trinajstić information content (AvgIpc) is 2.82. The van der Waals surface area contributed by atoms with E-state index < -0.39 is 5.82 Å². The lowest BCUT2D eigenvalue weighted by Crippen LogP contribution is -2.29. The van der Waals surface area contributed by atoms with Gasteiger partial charge in [-0.1, -0.05) is 13.8 Å². The molecule has 1 unspecified atom stereocenters. The van der Waals surface area contributed by atoms with E-state index in [1.54, 1.807) is 0 Å². The molecule has 1 N–H and O–H groups in total. The maximum Gasteiger partial charge on any atom is 0.147 e. The molecular formula is C15H21BrF2N2. The molecule has 1 atom stereocenters. The fraction of sp³-hybridized carbons (Fsp3) is 0.600. The lowest BCUT2D eigenvalue weighted by Gasteiger charge is -2.20. The van der Waals surface area contributed by atoms with Crippen molar-refractivity contribution in [2.45, 2.75) is 20.3 Å². The van der Waals surface area contributed by atoms with Crippen LogP contribution in [0.4, 0.5) is 14.5 Å². The van der Waals surface area contributed by atoms with Crippen LogP contribution in [0.3, 0.4) is 0 Å². The Morgan fingerprint density at radius 2 is 2.10 bits per heavy atom. The van der Waals surface area contributed by atoms with Crippen LogP contribution >= 0.6 is 15.9 Å². The minimum atomic E-state index is -0.414. The van der Waals surface area contributed by atoms with Crippen molar-refractivity contribution in [2.24, 2.45) is 11.8 Å². The Balaban J connectivity index is 1.94. The molecule has 1 saturated heterocycles. The number of hydrogen-bond acceptors (Lipinski definition) is 2. The minimum Gasteiger partial charge on any atom is -0.369 e. The highest BCUT2D eigenvalue weighted by molar-refractivity contribution is 9.10. The number of hydrogen-bond donors (Lipinski definition) is 1. The number of anilines is 1. The first-order valence-electron chi connectivity index (χ1n) is 7.07. The van der Waals surface area contributed by atoms with Crippen molar-refractivity contribution in [3.05, 3.63) is 28.2 Å². The standard InChI is InChI=1S/C15H21BrF2N2/c1-10(2)7-19-8-11-3-4-20(9-11)15-6-13(17)12(16)5-14(15)18/h5-6,10-11,19H,3-4,7-9H2,1-2H3. The summed E-state index contributed by atoms with van der Waals surface area (Å²) in [5.74, 6) is 0.349. The molecule has 2 nitrogen and oxygen atoms in total. The molecule has 0 spiro atoms. The van der Waals surface area contributed by atoms with Gasteiger partial charge in [0.25, 0.3) is 0 Å². The molecular weight excluding hydrogens is 326 g/mol. The van der Waals surface area contributed by atoms with Crippen molar-refractivity contribution in [3.8, 4) is 0 Å². The van der Waals surface area contributed by atoms with Crippen LogP contribution in [0, 0.1) is 23.5 Å². The second kappa shape index (κ2) is 6.85. The maximum absolute atomic E-state index is 13.9. The van der Waals surface area contributed by atoms with Crippen molar-refractivity contribution < 1.29 is 8.78 Å². The molecule has 0 aliphatic carbocycles. The predicted octanol–water partition coefficient (Wildman–Crippen LogP) is 3.80. The second-order valence-corrected chi connectivity index (χ2v) is 6.72. The van der Waals surface area contributed by atoms with Crippen molar-refractivity contribution in [1.82, 2.24) is 5.32 Å². The fourth-order valence-corrected chi connectivity index (χ4v) is 2.86. The molecule has 0 saturated carbocycles. The van der Waals surface area contributed by atoms with E-state index in [0.717, 1.165) is 32.6 Å². The van der Waals surface area contributed by atoms with E-state index in [9.17, 15) is 8.78 Å². The van der Waals surface area contributed by atoms with E-state index in [-0.39, 0.29) is 10.3 Å². The van der Waals surface area contributed by atoms with Crippen LogP contribution < -0.4 is 10.2 Å². The SMILES string of the molecule is CC(C)CNCC1CCN(c2cc(F)c(Br)cc2F)C1. The summed E-state index contributed by atoms with van der Waals surface area (Å²) in [7, 11) is 0. The molecule has 0 amide bonds. The minimum absolute atomic E-state index is 0.174. The van der Waals surface area contributed by atoms with Gasteiger partial charge >= 0.3 is 0 Å². The Labute approximate surface area is 127 Å². The Morgan fingerprint density at radius 3 is 2.80 bits per heavy atom. The number of benzene rings is 1. The van der Waals surface area contributed by atoms with E-state index in [2.05, 4.69) is 35.1 Å². The van der Waals surface area contributed by atoms with Crippen LogP contribution in [0.5, 0.6) is 0 Å². The summed E-state index contributed by atoms with van der Waals surface area (Å²) in [5.41, 5.74) is 0.372. The van der Waals surface area contributed by atoms with E-state index >= 15 is 0 Å². The zero-order valence-corrected chi connectivity index (χ0v) is 13.5. The van der Waals surface area contributed by atoms with Gasteiger partial charge in [-0.3, -0.25) is 0 Å². The van der Waals surface area contributed by atoms with Crippen molar-refractivity contribution in [3.63, 3.8) is 0 Å². The summed E-state index contributed by atoms with van der Waals surface area (Å²) in [6, 6.07) is 2.48. The first-order valence-corrected chi connectivity index (χ1v) is 7.87. The van der Waals surface area contributed by atoms with Gasteiger partial charge in [-0.05, 0) is 53.3 Å². The average molecular weight is 347 g/mol. The summed E-state index contributed by atoms with van der Waals surface area (Å²) in [6.45, 7) is 7.85. The molecule has 0 aromatic heterocycles. The van der Waals surface area contributed by atoms with Gasteiger partial charge in [-0.15, -0.1) is 0 Å². The molecule has 0 bridgehead atoms. The smallest absolute Gasteiger partial charge is 0.147 e. The van der Waals surface area contributed by atoms with Crippen molar-refractivity contribution in [1.29, 1.82) is 0 Å². The molecule has 5 heteroatoms. The van der Waals surface area contributed by atoms with Crippen molar-refractivity contribution >= 4 is 21.6 Å². The van der Waals surface area contributed by atoms with Gasteiger partial charge in [0.1, 0.15) is 11.6 Å². The Hall–Kier alpha value is -0.680. The highest BCUT2D eigenvalue weighted by atomic mass is 79.9. The van der Waals surface area contributed by atoms with Gasteiger partial charge < -0.3 is 10.2 Å². The van der Waals surface area contributed by atoms with Gasteiger partial charge in [0.05, 0.1) is 10.2 Å². The molecule has 20 heavy (non-hydrogen) atoms. The topological polar surface area (TPSA) is 15.3 Å². The zero-order chi connectivity index (χ0) is 14.7. The third-order valence-corrected chi connectivity index (χ3v) is 4.21. The second-order valence-electron chi connectivity index (χ2n) is 5.87. The third kappa shape index (κ3) is 3.92. The van der Waals surface area contributed by atoms with Gasteiger partial charge in [-0.25, -0.2) is 8.78 Å². The zero-order valence-electron chi connectivity index (χ0n) is 11.9. The molecule has 0 radical (unpaired) electrons. The van der Waals surface area contributed by atoms with E-state index in [1.165, 1.54) is 12.1 Å². The van der Waals surface area contributed by atoms with Gasteiger partial charge in [0.2, 0.25) is 0 Å². The van der Waals surface area contributed by atoms with Crippen LogP contribution in [0.15, 0.2) is 16.6 Å². The summed E-state index contributed by atoms with van der Waals surface area (Å²) in [5, 5.41) is 3.43. The molecule has 2 rings (SSSR count). The van der Waals surface area contributed by atoms with Gasteiger partial charge in [0.15, 0.2) is 0 Å². The fourth-order valence-electron chi connectivity index (χ4n) is 2.55. The van der Waals surface area contributed by atoms with E-state index in [1.807, 2.05) is 4.90 Å². The van der Waals surface area contributed by atoms with E-state index in [0.29, 0.717) is 17.5 Å². The molecule has 1 aliphatic rings. The predicted molar refractivity (Wildman–Crippen MR) is 82.1 cm³/mol.